The molecule has 0 bridgehead atoms. The monoisotopic (exact) mass is 256 g/mol. The molecule has 0 aliphatic carbocycles. The molecule has 0 aromatic heterocycles. The van der Waals surface area contributed by atoms with E-state index in [9.17, 15) is 9.90 Å². The number of hydrogen-bond acceptors (Lipinski definition) is 3. The Kier molecular flexibility index (Phi) is 4.32. The number of likely N-dealkylation sites (tertiary alicyclic amines) is 1. The molecule has 1 aliphatic rings. The van der Waals surface area contributed by atoms with Gasteiger partial charge < -0.3 is 10.0 Å². The van der Waals surface area contributed by atoms with Crippen LogP contribution in [-0.2, 0) is 4.79 Å². The minimum absolute atomic E-state index is 0.0962. The number of carbonyl (C=O) groups excluding carboxylic acids is 1. The molecule has 1 aromatic rings. The minimum atomic E-state index is -0.409. The van der Waals surface area contributed by atoms with Crippen molar-refractivity contribution in [3.8, 4) is 6.07 Å². The number of hydrogen-bond donors (Lipinski definition) is 1. The first-order chi connectivity index (χ1) is 9.19. The van der Waals surface area contributed by atoms with Crippen LogP contribution in [0.25, 0.3) is 6.08 Å². The van der Waals surface area contributed by atoms with E-state index >= 15 is 0 Å². The molecular weight excluding hydrogens is 240 g/mol. The maximum absolute atomic E-state index is 11.9. The van der Waals surface area contributed by atoms with Crippen LogP contribution in [0, 0.1) is 11.3 Å². The third kappa shape index (κ3) is 3.67. The molecule has 0 saturated carbocycles. The number of carbonyl (C=O) groups is 1. The van der Waals surface area contributed by atoms with Crippen LogP contribution in [0.15, 0.2) is 30.3 Å². The fourth-order valence-electron chi connectivity index (χ4n) is 2.14. The molecule has 0 spiro atoms. The fraction of sp³-hybridized carbons (Fsp3) is 0.333. The molecule has 1 heterocycles. The van der Waals surface area contributed by atoms with Gasteiger partial charge in [-0.2, -0.15) is 5.26 Å². The molecule has 4 heteroatoms. The Hall–Kier alpha value is -2.12. The van der Waals surface area contributed by atoms with Crippen molar-refractivity contribution in [2.45, 2.75) is 18.9 Å². The van der Waals surface area contributed by atoms with Crippen LogP contribution in [0.2, 0.25) is 0 Å². The summed E-state index contributed by atoms with van der Waals surface area (Å²) in [7, 11) is 0. The van der Waals surface area contributed by atoms with Crippen LogP contribution >= 0.6 is 0 Å². The van der Waals surface area contributed by atoms with Crippen LogP contribution in [0.4, 0.5) is 0 Å². The highest BCUT2D eigenvalue weighted by molar-refractivity contribution is 5.91. The SMILES string of the molecule is N#Cc1cccc(/C=C/C(=O)N2CCC[C@H](O)C2)c1. The van der Waals surface area contributed by atoms with Crippen molar-refractivity contribution in [1.29, 1.82) is 5.26 Å². The zero-order valence-electron chi connectivity index (χ0n) is 10.6. The summed E-state index contributed by atoms with van der Waals surface area (Å²) in [5, 5.41) is 18.3. The first-order valence-corrected chi connectivity index (χ1v) is 6.34. The molecular formula is C15H16N2O2. The van der Waals surface area contributed by atoms with Gasteiger partial charge in [0.25, 0.3) is 0 Å². The van der Waals surface area contributed by atoms with Crippen molar-refractivity contribution in [2.24, 2.45) is 0 Å². The second kappa shape index (κ2) is 6.17. The molecule has 98 valence electrons. The van der Waals surface area contributed by atoms with Gasteiger partial charge in [-0.25, -0.2) is 0 Å². The summed E-state index contributed by atoms with van der Waals surface area (Å²) in [4.78, 5) is 13.6. The van der Waals surface area contributed by atoms with E-state index in [1.807, 2.05) is 6.07 Å². The number of amides is 1. The van der Waals surface area contributed by atoms with Gasteiger partial charge in [-0.3, -0.25) is 4.79 Å². The molecule has 0 unspecified atom stereocenters. The molecule has 0 radical (unpaired) electrons. The number of β-amino-alcohol motifs (C(OH)–C–C–N with tert-alkyl or cyclic N) is 1. The molecule has 1 aliphatic heterocycles. The average molecular weight is 256 g/mol. The second-order valence-electron chi connectivity index (χ2n) is 4.65. The molecule has 1 fully saturated rings. The quantitative estimate of drug-likeness (QED) is 0.817. The summed E-state index contributed by atoms with van der Waals surface area (Å²) in [6.45, 7) is 1.10. The van der Waals surface area contributed by atoms with Gasteiger partial charge in [0.15, 0.2) is 0 Å². The van der Waals surface area contributed by atoms with E-state index in [1.165, 1.54) is 6.08 Å². The Bertz CT molecular complexity index is 531. The minimum Gasteiger partial charge on any atom is -0.391 e. The number of aliphatic hydroxyl groups excluding tert-OH is 1. The van der Waals surface area contributed by atoms with E-state index in [0.717, 1.165) is 18.4 Å². The van der Waals surface area contributed by atoms with Crippen molar-refractivity contribution < 1.29 is 9.90 Å². The summed E-state index contributed by atoms with van der Waals surface area (Å²) in [6.07, 6.45) is 4.38. The van der Waals surface area contributed by atoms with Crippen molar-refractivity contribution in [3.63, 3.8) is 0 Å². The van der Waals surface area contributed by atoms with Crippen molar-refractivity contribution in [2.75, 3.05) is 13.1 Å². The van der Waals surface area contributed by atoms with Gasteiger partial charge in [0.1, 0.15) is 0 Å². The molecule has 1 aromatic carbocycles. The van der Waals surface area contributed by atoms with Gasteiger partial charge >= 0.3 is 0 Å². The Morgan fingerprint density at radius 2 is 2.37 bits per heavy atom. The maximum atomic E-state index is 11.9. The molecule has 1 saturated heterocycles. The maximum Gasteiger partial charge on any atom is 0.246 e. The van der Waals surface area contributed by atoms with E-state index in [-0.39, 0.29) is 5.91 Å². The summed E-state index contributed by atoms with van der Waals surface area (Å²) in [5.41, 5.74) is 1.40. The lowest BCUT2D eigenvalue weighted by Crippen LogP contribution is -2.41. The average Bonchev–Trinajstić information content (AvgIpc) is 2.45. The number of aliphatic hydroxyl groups is 1. The number of piperidine rings is 1. The van der Waals surface area contributed by atoms with Gasteiger partial charge in [-0.05, 0) is 36.6 Å². The smallest absolute Gasteiger partial charge is 0.246 e. The highest BCUT2D eigenvalue weighted by atomic mass is 16.3. The summed E-state index contributed by atoms with van der Waals surface area (Å²) < 4.78 is 0. The van der Waals surface area contributed by atoms with E-state index in [2.05, 4.69) is 6.07 Å². The highest BCUT2D eigenvalue weighted by Crippen LogP contribution is 2.11. The molecule has 1 amide bonds. The zero-order valence-corrected chi connectivity index (χ0v) is 10.6. The third-order valence-corrected chi connectivity index (χ3v) is 3.14. The summed E-state index contributed by atoms with van der Waals surface area (Å²) >= 11 is 0. The van der Waals surface area contributed by atoms with Crippen LogP contribution in [0.3, 0.4) is 0 Å². The van der Waals surface area contributed by atoms with E-state index in [4.69, 9.17) is 5.26 Å². The predicted octanol–water partition coefficient (Wildman–Crippen LogP) is 1.55. The Morgan fingerprint density at radius 1 is 1.53 bits per heavy atom. The zero-order chi connectivity index (χ0) is 13.7. The first kappa shape index (κ1) is 13.3. The van der Waals surface area contributed by atoms with Gasteiger partial charge in [0.2, 0.25) is 5.91 Å². The Labute approximate surface area is 112 Å². The van der Waals surface area contributed by atoms with Crippen molar-refractivity contribution in [3.05, 3.63) is 41.5 Å². The van der Waals surface area contributed by atoms with Gasteiger partial charge in [0.05, 0.1) is 17.7 Å². The van der Waals surface area contributed by atoms with Crippen LogP contribution in [0.1, 0.15) is 24.0 Å². The van der Waals surface area contributed by atoms with Gasteiger partial charge in [0, 0.05) is 19.2 Å². The highest BCUT2D eigenvalue weighted by Gasteiger charge is 2.20. The number of nitriles is 1. The molecule has 1 N–H and O–H groups in total. The fourth-order valence-corrected chi connectivity index (χ4v) is 2.14. The lowest BCUT2D eigenvalue weighted by atomic mass is 10.1. The van der Waals surface area contributed by atoms with Crippen LogP contribution < -0.4 is 0 Å². The summed E-state index contributed by atoms with van der Waals surface area (Å²) in [6, 6.07) is 9.14. The van der Waals surface area contributed by atoms with Crippen molar-refractivity contribution in [1.82, 2.24) is 4.90 Å². The third-order valence-electron chi connectivity index (χ3n) is 3.14. The second-order valence-corrected chi connectivity index (χ2v) is 4.65. The lowest BCUT2D eigenvalue weighted by Gasteiger charge is -2.29. The normalized spacial score (nSPS) is 19.4. The lowest BCUT2D eigenvalue weighted by molar-refractivity contribution is -0.128. The number of benzene rings is 1. The van der Waals surface area contributed by atoms with Gasteiger partial charge in [-0.15, -0.1) is 0 Å². The Balaban J connectivity index is 2.01. The topological polar surface area (TPSA) is 64.3 Å². The van der Waals surface area contributed by atoms with Crippen LogP contribution in [0.5, 0.6) is 0 Å². The standard InChI is InChI=1S/C15H16N2O2/c16-10-13-4-1-3-12(9-13)6-7-15(19)17-8-2-5-14(18)11-17/h1,3-4,6-7,9,14,18H,2,5,8,11H2/b7-6+/t14-/m0/s1. The van der Waals surface area contributed by atoms with E-state index in [1.54, 1.807) is 29.2 Å². The first-order valence-electron chi connectivity index (χ1n) is 6.34. The molecule has 1 atom stereocenters. The largest absolute Gasteiger partial charge is 0.391 e. The molecule has 2 rings (SSSR count). The van der Waals surface area contributed by atoms with Crippen molar-refractivity contribution >= 4 is 12.0 Å². The van der Waals surface area contributed by atoms with E-state index < -0.39 is 6.10 Å². The molecule has 4 nitrogen and oxygen atoms in total. The molecule has 19 heavy (non-hydrogen) atoms. The van der Waals surface area contributed by atoms with Gasteiger partial charge in [-0.1, -0.05) is 12.1 Å². The number of nitrogens with zero attached hydrogens (tertiary/aromatic N) is 2. The Morgan fingerprint density at radius 3 is 3.11 bits per heavy atom. The number of rotatable bonds is 2. The van der Waals surface area contributed by atoms with E-state index in [0.29, 0.717) is 18.7 Å². The predicted molar refractivity (Wildman–Crippen MR) is 72.0 cm³/mol. The summed E-state index contributed by atoms with van der Waals surface area (Å²) in [5.74, 6) is -0.0962. The van der Waals surface area contributed by atoms with Crippen LogP contribution in [-0.4, -0.2) is 35.1 Å².